The molecule has 118 valence electrons. The van der Waals surface area contributed by atoms with Gasteiger partial charge in [-0.2, -0.15) is 0 Å². The molecule has 2 aromatic rings. The molecule has 0 spiro atoms. The minimum atomic E-state index is -4.25. The summed E-state index contributed by atoms with van der Waals surface area (Å²) >= 11 is 0. The summed E-state index contributed by atoms with van der Waals surface area (Å²) in [6.45, 7) is 0. The van der Waals surface area contributed by atoms with Crippen LogP contribution in [0.2, 0.25) is 0 Å². The minimum Gasteiger partial charge on any atom is -0.313 e. The number of benzene rings is 1. The molecule has 0 aliphatic rings. The van der Waals surface area contributed by atoms with E-state index in [1.807, 2.05) is 4.98 Å². The van der Waals surface area contributed by atoms with E-state index in [-0.39, 0.29) is 10.6 Å². The molecule has 10 nitrogen and oxygen atoms in total. The van der Waals surface area contributed by atoms with Gasteiger partial charge in [-0.15, -0.1) is 0 Å². The number of hydrogen-bond acceptors (Lipinski definition) is 6. The summed E-state index contributed by atoms with van der Waals surface area (Å²) in [6.07, 6.45) is 0.752. The van der Waals surface area contributed by atoms with Crippen molar-refractivity contribution >= 4 is 25.7 Å². The van der Waals surface area contributed by atoms with Crippen molar-refractivity contribution < 1.29 is 16.8 Å². The molecule has 1 aromatic carbocycles. The van der Waals surface area contributed by atoms with Gasteiger partial charge in [0, 0.05) is 11.9 Å². The number of aromatic nitrogens is 2. The van der Waals surface area contributed by atoms with Gasteiger partial charge in [0.05, 0.1) is 4.90 Å². The number of aromatic amines is 2. The van der Waals surface area contributed by atoms with Crippen LogP contribution in [-0.4, -0.2) is 26.8 Å². The van der Waals surface area contributed by atoms with Crippen LogP contribution in [0.1, 0.15) is 0 Å². The Balaban J connectivity index is 2.37. The number of rotatable bonds is 4. The summed E-state index contributed by atoms with van der Waals surface area (Å²) in [5, 5.41) is 4.91. The van der Waals surface area contributed by atoms with Crippen LogP contribution in [-0.2, 0) is 20.0 Å². The van der Waals surface area contributed by atoms with E-state index in [0.29, 0.717) is 0 Å². The molecule has 1 aromatic heterocycles. The Morgan fingerprint density at radius 1 is 1.00 bits per heavy atom. The summed E-state index contributed by atoms with van der Waals surface area (Å²) in [4.78, 5) is 25.3. The van der Waals surface area contributed by atoms with Crippen molar-refractivity contribution in [2.24, 2.45) is 5.14 Å². The Hall–Kier alpha value is -2.44. The summed E-state index contributed by atoms with van der Waals surface area (Å²) in [6, 6.07) is 4.53. The molecule has 0 radical (unpaired) electrons. The monoisotopic (exact) mass is 346 g/mol. The fraction of sp³-hybridized carbons (Fsp3) is 0. The number of primary sulfonamides is 1. The molecule has 0 fully saturated rings. The Morgan fingerprint density at radius 3 is 2.09 bits per heavy atom. The summed E-state index contributed by atoms with van der Waals surface area (Å²) in [5.74, 6) is 0. The molecule has 0 bridgehead atoms. The summed E-state index contributed by atoms with van der Waals surface area (Å²) in [7, 11) is -8.15. The lowest BCUT2D eigenvalue weighted by Crippen LogP contribution is -2.29. The van der Waals surface area contributed by atoms with Crippen molar-refractivity contribution in [2.75, 3.05) is 4.72 Å². The Labute approximate surface area is 124 Å². The quantitative estimate of drug-likeness (QED) is 0.525. The largest absolute Gasteiger partial charge is 0.325 e. The zero-order chi connectivity index (χ0) is 16.5. The van der Waals surface area contributed by atoms with Gasteiger partial charge in [-0.3, -0.25) is 14.5 Å². The molecule has 0 atom stereocenters. The lowest BCUT2D eigenvalue weighted by atomic mass is 10.3. The lowest BCUT2D eigenvalue weighted by Gasteiger charge is -2.07. The molecule has 0 saturated carbocycles. The Morgan fingerprint density at radius 2 is 1.59 bits per heavy atom. The smallest absolute Gasteiger partial charge is 0.313 e. The molecule has 5 N–H and O–H groups in total. The van der Waals surface area contributed by atoms with Gasteiger partial charge in [0.25, 0.3) is 15.6 Å². The van der Waals surface area contributed by atoms with Crippen molar-refractivity contribution in [3.05, 3.63) is 51.3 Å². The molecule has 0 unspecified atom stereocenters. The van der Waals surface area contributed by atoms with Gasteiger partial charge in [0.1, 0.15) is 0 Å². The van der Waals surface area contributed by atoms with Crippen LogP contribution < -0.4 is 21.1 Å². The summed E-state index contributed by atoms with van der Waals surface area (Å²) < 4.78 is 48.3. The van der Waals surface area contributed by atoms with Crippen molar-refractivity contribution in [1.29, 1.82) is 0 Å². The second kappa shape index (κ2) is 5.40. The van der Waals surface area contributed by atoms with Gasteiger partial charge in [-0.25, -0.2) is 26.8 Å². The fourth-order valence-electron chi connectivity index (χ4n) is 1.52. The first-order valence-electron chi connectivity index (χ1n) is 5.57. The van der Waals surface area contributed by atoms with Crippen LogP contribution in [0.15, 0.2) is 49.8 Å². The predicted octanol–water partition coefficient (Wildman–Crippen LogP) is -1.49. The first kappa shape index (κ1) is 15.9. The normalized spacial score (nSPS) is 12.0. The summed E-state index contributed by atoms with van der Waals surface area (Å²) in [5.41, 5.74) is -1.92. The van der Waals surface area contributed by atoms with E-state index in [1.165, 1.54) is 0 Å². The molecular formula is C10H10N4O6S2. The van der Waals surface area contributed by atoms with Gasteiger partial charge in [0.2, 0.25) is 10.0 Å². The van der Waals surface area contributed by atoms with Crippen molar-refractivity contribution in [3.8, 4) is 0 Å². The minimum absolute atomic E-state index is 0.0120. The maximum absolute atomic E-state index is 12.0. The maximum atomic E-state index is 12.0. The van der Waals surface area contributed by atoms with E-state index in [0.717, 1.165) is 30.5 Å². The third kappa shape index (κ3) is 3.41. The highest BCUT2D eigenvalue weighted by Crippen LogP contribution is 2.15. The van der Waals surface area contributed by atoms with Crippen LogP contribution in [0, 0.1) is 0 Å². The maximum Gasteiger partial charge on any atom is 0.325 e. The number of sulfonamides is 2. The number of nitrogens with two attached hydrogens (primary N) is 1. The van der Waals surface area contributed by atoms with Gasteiger partial charge in [-0.1, -0.05) is 0 Å². The molecular weight excluding hydrogens is 336 g/mol. The number of nitrogens with one attached hydrogen (secondary N) is 3. The molecule has 0 amide bonds. The second-order valence-electron chi connectivity index (χ2n) is 4.11. The SMILES string of the molecule is NS(=O)(=O)c1ccc(NS(=O)(=O)c2c[nH]c(=O)[nH]c2=O)cc1. The predicted molar refractivity (Wildman–Crippen MR) is 76.3 cm³/mol. The van der Waals surface area contributed by atoms with E-state index >= 15 is 0 Å². The van der Waals surface area contributed by atoms with Crippen LogP contribution in [0.25, 0.3) is 0 Å². The van der Waals surface area contributed by atoms with E-state index in [9.17, 15) is 26.4 Å². The van der Waals surface area contributed by atoms with Crippen LogP contribution in [0.4, 0.5) is 5.69 Å². The van der Waals surface area contributed by atoms with E-state index in [1.54, 1.807) is 4.98 Å². The number of H-pyrrole nitrogens is 2. The number of anilines is 1. The second-order valence-corrected chi connectivity index (χ2v) is 7.32. The average Bonchev–Trinajstić information content (AvgIpc) is 2.37. The van der Waals surface area contributed by atoms with E-state index in [2.05, 4.69) is 4.72 Å². The van der Waals surface area contributed by atoms with Crippen molar-refractivity contribution in [2.45, 2.75) is 9.79 Å². The number of hydrogen-bond donors (Lipinski definition) is 4. The standard InChI is InChI=1S/C10H10N4O6S2/c11-21(17,18)7-3-1-6(2-4-7)14-22(19,20)8-5-12-10(16)13-9(8)15/h1-5,14H,(H2,11,17,18)(H2,12,13,15,16). The van der Waals surface area contributed by atoms with E-state index in [4.69, 9.17) is 5.14 Å². The highest BCUT2D eigenvalue weighted by atomic mass is 32.2. The van der Waals surface area contributed by atoms with Gasteiger partial charge in [-0.05, 0) is 24.3 Å². The van der Waals surface area contributed by atoms with Gasteiger partial charge < -0.3 is 4.98 Å². The van der Waals surface area contributed by atoms with Crippen LogP contribution in [0.5, 0.6) is 0 Å². The lowest BCUT2D eigenvalue weighted by molar-refractivity contribution is 0.597. The van der Waals surface area contributed by atoms with Crippen molar-refractivity contribution in [3.63, 3.8) is 0 Å². The first-order valence-corrected chi connectivity index (χ1v) is 8.60. The van der Waals surface area contributed by atoms with E-state index < -0.39 is 36.2 Å². The molecule has 0 saturated heterocycles. The molecule has 0 aliphatic heterocycles. The van der Waals surface area contributed by atoms with Crippen molar-refractivity contribution in [1.82, 2.24) is 9.97 Å². The topological polar surface area (TPSA) is 172 Å². The Bertz CT molecular complexity index is 1020. The highest BCUT2D eigenvalue weighted by molar-refractivity contribution is 7.92. The third-order valence-corrected chi connectivity index (χ3v) is 4.83. The molecule has 0 aliphatic carbocycles. The fourth-order valence-corrected chi connectivity index (χ4v) is 3.10. The zero-order valence-electron chi connectivity index (χ0n) is 10.7. The third-order valence-electron chi connectivity index (χ3n) is 2.51. The van der Waals surface area contributed by atoms with Crippen LogP contribution >= 0.6 is 0 Å². The molecule has 2 rings (SSSR count). The van der Waals surface area contributed by atoms with Gasteiger partial charge >= 0.3 is 5.69 Å². The van der Waals surface area contributed by atoms with Crippen LogP contribution in [0.3, 0.4) is 0 Å². The highest BCUT2D eigenvalue weighted by Gasteiger charge is 2.19. The first-order chi connectivity index (χ1) is 10.1. The molecule has 22 heavy (non-hydrogen) atoms. The van der Waals surface area contributed by atoms with Gasteiger partial charge in [0.15, 0.2) is 4.90 Å². The Kier molecular flexibility index (Phi) is 3.91. The average molecular weight is 346 g/mol. The molecule has 12 heteroatoms. The molecule has 1 heterocycles. The zero-order valence-corrected chi connectivity index (χ0v) is 12.4.